The van der Waals surface area contributed by atoms with Crippen molar-refractivity contribution in [2.45, 2.75) is 39.2 Å². The van der Waals surface area contributed by atoms with E-state index in [2.05, 4.69) is 29.5 Å². The van der Waals surface area contributed by atoms with E-state index in [1.165, 1.54) is 6.92 Å². The van der Waals surface area contributed by atoms with Crippen LogP contribution in [0.25, 0.3) is 10.9 Å². The normalized spacial score (nSPS) is 12.1. The molecule has 1 aromatic heterocycles. The summed E-state index contributed by atoms with van der Waals surface area (Å²) in [6.45, 7) is 5.64. The third-order valence-electron chi connectivity index (χ3n) is 4.61. The molecule has 0 radical (unpaired) electrons. The molecule has 0 saturated carbocycles. The van der Waals surface area contributed by atoms with Crippen molar-refractivity contribution in [3.63, 3.8) is 0 Å². The fourth-order valence-corrected chi connectivity index (χ4v) is 3.18. The van der Waals surface area contributed by atoms with E-state index in [1.54, 1.807) is 0 Å². The van der Waals surface area contributed by atoms with Crippen molar-refractivity contribution in [2.75, 3.05) is 5.32 Å². The van der Waals surface area contributed by atoms with Crippen molar-refractivity contribution in [1.82, 2.24) is 10.3 Å². The van der Waals surface area contributed by atoms with Gasteiger partial charge in [-0.15, -0.1) is 0 Å². The Morgan fingerprint density at radius 1 is 1.07 bits per heavy atom. The van der Waals surface area contributed by atoms with Gasteiger partial charge in [0.1, 0.15) is 6.04 Å². The van der Waals surface area contributed by atoms with Crippen LogP contribution in [-0.2, 0) is 16.0 Å². The number of hydrogen-bond donors (Lipinski definition) is 3. The van der Waals surface area contributed by atoms with Gasteiger partial charge in [0.2, 0.25) is 11.8 Å². The molecule has 1 unspecified atom stereocenters. The Labute approximate surface area is 159 Å². The number of carbonyl (C=O) groups is 2. The number of carbonyl (C=O) groups excluding carboxylic acids is 2. The molecule has 27 heavy (non-hydrogen) atoms. The van der Waals surface area contributed by atoms with Crippen LogP contribution < -0.4 is 10.6 Å². The van der Waals surface area contributed by atoms with Gasteiger partial charge in [-0.2, -0.15) is 0 Å². The van der Waals surface area contributed by atoms with E-state index in [0.29, 0.717) is 12.3 Å². The van der Waals surface area contributed by atoms with Crippen molar-refractivity contribution >= 4 is 28.4 Å². The van der Waals surface area contributed by atoms with Gasteiger partial charge in [-0.05, 0) is 35.2 Å². The number of H-pyrrole nitrogens is 1. The second kappa shape index (κ2) is 8.08. The minimum Gasteiger partial charge on any atom is -0.361 e. The summed E-state index contributed by atoms with van der Waals surface area (Å²) in [4.78, 5) is 27.7. The fourth-order valence-electron chi connectivity index (χ4n) is 3.18. The fraction of sp³-hybridized carbons (Fsp3) is 0.273. The first-order valence-corrected chi connectivity index (χ1v) is 9.17. The second-order valence-corrected chi connectivity index (χ2v) is 7.09. The molecule has 140 valence electrons. The second-order valence-electron chi connectivity index (χ2n) is 7.09. The van der Waals surface area contributed by atoms with Crippen molar-refractivity contribution < 1.29 is 9.59 Å². The van der Waals surface area contributed by atoms with Crippen molar-refractivity contribution in [3.8, 4) is 0 Å². The van der Waals surface area contributed by atoms with E-state index in [0.717, 1.165) is 27.7 Å². The highest BCUT2D eigenvalue weighted by molar-refractivity contribution is 5.97. The zero-order valence-electron chi connectivity index (χ0n) is 15.9. The summed E-state index contributed by atoms with van der Waals surface area (Å²) in [6, 6.07) is 15.1. The summed E-state index contributed by atoms with van der Waals surface area (Å²) in [5.74, 6) is -0.0819. The van der Waals surface area contributed by atoms with Gasteiger partial charge in [0.25, 0.3) is 0 Å². The summed E-state index contributed by atoms with van der Waals surface area (Å²) in [5, 5.41) is 6.77. The molecular weight excluding hydrogens is 338 g/mol. The van der Waals surface area contributed by atoms with Gasteiger partial charge in [0.05, 0.1) is 0 Å². The predicted molar refractivity (Wildman–Crippen MR) is 109 cm³/mol. The minimum atomic E-state index is -0.649. The predicted octanol–water partition coefficient (Wildman–Crippen LogP) is 3.98. The molecule has 0 fully saturated rings. The number of aromatic nitrogens is 1. The summed E-state index contributed by atoms with van der Waals surface area (Å²) >= 11 is 0. The quantitative estimate of drug-likeness (QED) is 0.620. The highest BCUT2D eigenvalue weighted by Gasteiger charge is 2.21. The first-order chi connectivity index (χ1) is 12.9. The molecule has 0 saturated heterocycles. The Kier molecular flexibility index (Phi) is 5.60. The molecule has 0 aliphatic heterocycles. The topological polar surface area (TPSA) is 74.0 Å². The lowest BCUT2D eigenvalue weighted by atomic mass is 10.0. The monoisotopic (exact) mass is 363 g/mol. The van der Waals surface area contributed by atoms with Crippen LogP contribution >= 0.6 is 0 Å². The van der Waals surface area contributed by atoms with Crippen molar-refractivity contribution in [3.05, 3.63) is 65.9 Å². The van der Waals surface area contributed by atoms with Crippen LogP contribution in [0.15, 0.2) is 54.7 Å². The molecule has 3 N–H and O–H groups in total. The number of fused-ring (bicyclic) bond motifs is 1. The Morgan fingerprint density at radius 2 is 1.85 bits per heavy atom. The van der Waals surface area contributed by atoms with Crippen LogP contribution in [0.2, 0.25) is 0 Å². The van der Waals surface area contributed by atoms with Gasteiger partial charge in [-0.3, -0.25) is 9.59 Å². The van der Waals surface area contributed by atoms with Crippen molar-refractivity contribution in [2.24, 2.45) is 0 Å². The van der Waals surface area contributed by atoms with Gasteiger partial charge in [0, 0.05) is 36.1 Å². The molecule has 2 amide bonds. The van der Waals surface area contributed by atoms with Gasteiger partial charge >= 0.3 is 0 Å². The van der Waals surface area contributed by atoms with Crippen LogP contribution in [0.3, 0.4) is 0 Å². The number of para-hydroxylation sites is 1. The number of hydrogen-bond acceptors (Lipinski definition) is 2. The number of anilines is 1. The third-order valence-corrected chi connectivity index (χ3v) is 4.61. The molecule has 3 aromatic rings. The molecule has 2 aromatic carbocycles. The van der Waals surface area contributed by atoms with E-state index < -0.39 is 6.04 Å². The average Bonchev–Trinajstić information content (AvgIpc) is 3.04. The summed E-state index contributed by atoms with van der Waals surface area (Å²) in [6.07, 6.45) is 2.31. The lowest BCUT2D eigenvalue weighted by Gasteiger charge is -2.18. The summed E-state index contributed by atoms with van der Waals surface area (Å²) in [5.41, 5.74) is 3.90. The molecule has 0 spiro atoms. The molecular formula is C22H25N3O2. The molecule has 5 nitrogen and oxygen atoms in total. The standard InChI is InChI=1S/C22H25N3O2/c1-14(2)16-7-6-8-18(11-16)25-22(27)21(24-15(3)26)12-17-13-23-20-10-5-4-9-19(17)20/h4-11,13-14,21,23H,12H2,1-3H3,(H,24,26)(H,25,27). The zero-order valence-corrected chi connectivity index (χ0v) is 15.9. The van der Waals surface area contributed by atoms with Gasteiger partial charge in [0.15, 0.2) is 0 Å². The molecule has 0 aliphatic rings. The van der Waals surface area contributed by atoms with E-state index >= 15 is 0 Å². The number of aromatic amines is 1. The molecule has 0 aliphatic carbocycles. The molecule has 1 atom stereocenters. The Bertz CT molecular complexity index is 959. The first kappa shape index (κ1) is 18.7. The molecule has 5 heteroatoms. The molecule has 0 bridgehead atoms. The SMILES string of the molecule is CC(=O)NC(Cc1c[nH]c2ccccc12)C(=O)Nc1cccc(C(C)C)c1. The maximum absolute atomic E-state index is 12.9. The average molecular weight is 363 g/mol. The highest BCUT2D eigenvalue weighted by atomic mass is 16.2. The zero-order chi connectivity index (χ0) is 19.4. The van der Waals surface area contributed by atoms with Crippen molar-refractivity contribution in [1.29, 1.82) is 0 Å². The van der Waals surface area contributed by atoms with E-state index in [4.69, 9.17) is 0 Å². The lowest BCUT2D eigenvalue weighted by molar-refractivity contribution is -0.125. The number of nitrogens with one attached hydrogen (secondary N) is 3. The van der Waals surface area contributed by atoms with E-state index in [-0.39, 0.29) is 11.8 Å². The smallest absolute Gasteiger partial charge is 0.247 e. The minimum absolute atomic E-state index is 0.226. The van der Waals surface area contributed by atoms with Crippen LogP contribution in [0.1, 0.15) is 37.8 Å². The van der Waals surface area contributed by atoms with E-state index in [1.807, 2.05) is 54.7 Å². The number of benzene rings is 2. The molecule has 3 rings (SSSR count). The summed E-state index contributed by atoms with van der Waals surface area (Å²) in [7, 11) is 0. The first-order valence-electron chi connectivity index (χ1n) is 9.17. The van der Waals surface area contributed by atoms with Gasteiger partial charge in [-0.25, -0.2) is 0 Å². The van der Waals surface area contributed by atoms with Gasteiger partial charge < -0.3 is 15.6 Å². The maximum atomic E-state index is 12.9. The Morgan fingerprint density at radius 3 is 2.59 bits per heavy atom. The molecule has 1 heterocycles. The van der Waals surface area contributed by atoms with Crippen LogP contribution in [-0.4, -0.2) is 22.8 Å². The van der Waals surface area contributed by atoms with Crippen LogP contribution in [0.4, 0.5) is 5.69 Å². The Hall–Kier alpha value is -3.08. The number of rotatable bonds is 6. The number of amides is 2. The van der Waals surface area contributed by atoms with E-state index in [9.17, 15) is 9.59 Å². The van der Waals surface area contributed by atoms with Crippen LogP contribution in [0, 0.1) is 0 Å². The maximum Gasteiger partial charge on any atom is 0.247 e. The Balaban J connectivity index is 1.80. The third kappa shape index (κ3) is 4.56. The highest BCUT2D eigenvalue weighted by Crippen LogP contribution is 2.21. The van der Waals surface area contributed by atoms with Crippen LogP contribution in [0.5, 0.6) is 0 Å². The lowest BCUT2D eigenvalue weighted by Crippen LogP contribution is -2.44. The summed E-state index contributed by atoms with van der Waals surface area (Å²) < 4.78 is 0. The largest absolute Gasteiger partial charge is 0.361 e. The van der Waals surface area contributed by atoms with Gasteiger partial charge in [-0.1, -0.05) is 44.2 Å².